The molecule has 0 spiro atoms. The predicted molar refractivity (Wildman–Crippen MR) is 115 cm³/mol. The molecule has 0 saturated heterocycles. The first-order chi connectivity index (χ1) is 14.6. The van der Waals surface area contributed by atoms with Gasteiger partial charge in [0.25, 0.3) is 0 Å². The Kier molecular flexibility index (Phi) is 5.89. The Balaban J connectivity index is 1.41. The summed E-state index contributed by atoms with van der Waals surface area (Å²) in [6, 6.07) is 21.5. The molecule has 0 aliphatic heterocycles. The van der Waals surface area contributed by atoms with Gasteiger partial charge in [-0.15, -0.1) is 0 Å². The fourth-order valence-electron chi connectivity index (χ4n) is 3.62. The number of carbonyl (C=O) groups is 1. The van der Waals surface area contributed by atoms with E-state index in [1.54, 1.807) is 30.3 Å². The largest absolute Gasteiger partial charge is 0.426 e. The van der Waals surface area contributed by atoms with Crippen molar-refractivity contribution in [3.63, 3.8) is 0 Å². The van der Waals surface area contributed by atoms with Crippen molar-refractivity contribution >= 4 is 17.0 Å². The fourth-order valence-corrected chi connectivity index (χ4v) is 3.62. The summed E-state index contributed by atoms with van der Waals surface area (Å²) in [5.41, 5.74) is 3.69. The van der Waals surface area contributed by atoms with Crippen LogP contribution < -0.4 is 5.76 Å². The summed E-state index contributed by atoms with van der Waals surface area (Å²) in [7, 11) is 0. The second-order valence-electron chi connectivity index (χ2n) is 7.33. The molecule has 0 amide bonds. The predicted octanol–water partition coefficient (Wildman–Crippen LogP) is 5.84. The smallest absolute Gasteiger partial charge is 0.407 e. The van der Waals surface area contributed by atoms with Gasteiger partial charge in [-0.25, -0.2) is 13.8 Å². The van der Waals surface area contributed by atoms with Crippen molar-refractivity contribution in [1.82, 2.24) is 4.57 Å². The monoisotopic (exact) mass is 403 g/mol. The number of aryl methyl sites for hydroxylation is 1. The molecule has 4 aromatic rings. The molecule has 152 valence electrons. The molecule has 0 aliphatic carbocycles. The average molecular weight is 403 g/mol. The molecule has 1 aromatic heterocycles. The number of unbranched alkanes of at least 4 members (excludes halogenated alkanes) is 2. The van der Waals surface area contributed by atoms with Gasteiger partial charge in [-0.2, -0.15) is 0 Å². The van der Waals surface area contributed by atoms with Crippen LogP contribution in [0.15, 0.2) is 82.0 Å². The van der Waals surface area contributed by atoms with Crippen LogP contribution in [0.1, 0.15) is 36.0 Å². The molecule has 0 bridgehead atoms. The van der Waals surface area contributed by atoms with Gasteiger partial charge >= 0.3 is 5.76 Å². The van der Waals surface area contributed by atoms with Crippen LogP contribution in [0.25, 0.3) is 22.2 Å². The Morgan fingerprint density at radius 2 is 1.60 bits per heavy atom. The van der Waals surface area contributed by atoms with Gasteiger partial charge in [0.05, 0.1) is 5.52 Å². The standard InChI is InChI=1S/C25H22FNO3/c26-21-14-11-19(12-15-21)20-13-16-22-23(17-20)30-25(29)27(22)24(28)10-6-2-5-9-18-7-3-1-4-8-18/h1,3-4,7-8,11-17H,2,5-6,9-10H2. The summed E-state index contributed by atoms with van der Waals surface area (Å²) in [5.74, 6) is -1.24. The minimum absolute atomic E-state index is 0.256. The number of rotatable bonds is 7. The van der Waals surface area contributed by atoms with Gasteiger partial charge in [-0.3, -0.25) is 4.79 Å². The highest BCUT2D eigenvalue weighted by Crippen LogP contribution is 2.24. The van der Waals surface area contributed by atoms with Gasteiger partial charge in [0, 0.05) is 6.42 Å². The number of carbonyl (C=O) groups excluding carboxylic acids is 1. The zero-order chi connectivity index (χ0) is 20.9. The third-order valence-corrected chi connectivity index (χ3v) is 5.21. The third kappa shape index (κ3) is 4.40. The van der Waals surface area contributed by atoms with Gasteiger partial charge in [-0.05, 0) is 60.2 Å². The first kappa shape index (κ1) is 19.8. The Bertz CT molecular complexity index is 1210. The van der Waals surface area contributed by atoms with Crippen LogP contribution in [0.4, 0.5) is 4.39 Å². The molecule has 4 nitrogen and oxygen atoms in total. The van der Waals surface area contributed by atoms with E-state index in [-0.39, 0.29) is 11.7 Å². The fraction of sp³-hybridized carbons (Fsp3) is 0.200. The topological polar surface area (TPSA) is 52.2 Å². The highest BCUT2D eigenvalue weighted by Gasteiger charge is 2.16. The molecule has 0 atom stereocenters. The number of aromatic nitrogens is 1. The van der Waals surface area contributed by atoms with Gasteiger partial charge in [0.2, 0.25) is 5.91 Å². The molecule has 0 unspecified atom stereocenters. The van der Waals surface area contributed by atoms with Crippen molar-refractivity contribution in [2.24, 2.45) is 0 Å². The van der Waals surface area contributed by atoms with Crippen LogP contribution in [0.5, 0.6) is 0 Å². The molecule has 0 N–H and O–H groups in total. The van der Waals surface area contributed by atoms with Crippen molar-refractivity contribution in [2.45, 2.75) is 32.1 Å². The maximum Gasteiger partial charge on any atom is 0.426 e. The van der Waals surface area contributed by atoms with Crippen molar-refractivity contribution in [3.05, 3.63) is 94.7 Å². The second kappa shape index (κ2) is 8.91. The summed E-state index contributed by atoms with van der Waals surface area (Å²) in [4.78, 5) is 24.9. The summed E-state index contributed by atoms with van der Waals surface area (Å²) >= 11 is 0. The van der Waals surface area contributed by atoms with Crippen LogP contribution in [0, 0.1) is 5.82 Å². The molecular weight excluding hydrogens is 381 g/mol. The number of hydrogen-bond donors (Lipinski definition) is 0. The molecule has 0 aliphatic rings. The number of hydrogen-bond acceptors (Lipinski definition) is 3. The molecule has 0 radical (unpaired) electrons. The van der Waals surface area contributed by atoms with Gasteiger partial charge in [0.1, 0.15) is 5.82 Å². The molecule has 4 rings (SSSR count). The van der Waals surface area contributed by atoms with Gasteiger partial charge in [-0.1, -0.05) is 55.0 Å². The van der Waals surface area contributed by atoms with E-state index in [9.17, 15) is 14.0 Å². The molecule has 0 saturated carbocycles. The van der Waals surface area contributed by atoms with Gasteiger partial charge in [0.15, 0.2) is 5.58 Å². The Hall–Kier alpha value is -3.47. The van der Waals surface area contributed by atoms with E-state index >= 15 is 0 Å². The Morgan fingerprint density at radius 3 is 2.37 bits per heavy atom. The van der Waals surface area contributed by atoms with Crippen molar-refractivity contribution in [1.29, 1.82) is 0 Å². The van der Waals surface area contributed by atoms with E-state index in [1.807, 2.05) is 18.2 Å². The first-order valence-corrected chi connectivity index (χ1v) is 10.1. The lowest BCUT2D eigenvalue weighted by molar-refractivity contribution is 0.0895. The average Bonchev–Trinajstić information content (AvgIpc) is 3.09. The molecule has 30 heavy (non-hydrogen) atoms. The molecule has 3 aromatic carbocycles. The van der Waals surface area contributed by atoms with Crippen LogP contribution in [-0.2, 0) is 6.42 Å². The van der Waals surface area contributed by atoms with Crippen LogP contribution in [0.2, 0.25) is 0 Å². The zero-order valence-corrected chi connectivity index (χ0v) is 16.5. The molecular formula is C25H22FNO3. The number of fused-ring (bicyclic) bond motifs is 1. The SMILES string of the molecule is O=C(CCCCCc1ccccc1)n1c(=O)oc2cc(-c3ccc(F)cc3)ccc21. The number of halogens is 1. The Morgan fingerprint density at radius 1 is 0.867 bits per heavy atom. The zero-order valence-electron chi connectivity index (χ0n) is 16.5. The number of benzene rings is 3. The summed E-state index contributed by atoms with van der Waals surface area (Å²) in [5, 5.41) is 0. The first-order valence-electron chi connectivity index (χ1n) is 10.1. The van der Waals surface area contributed by atoms with Crippen molar-refractivity contribution < 1.29 is 13.6 Å². The highest BCUT2D eigenvalue weighted by molar-refractivity contribution is 5.90. The second-order valence-corrected chi connectivity index (χ2v) is 7.33. The van der Waals surface area contributed by atoms with E-state index in [0.717, 1.165) is 41.4 Å². The van der Waals surface area contributed by atoms with Crippen LogP contribution in [0.3, 0.4) is 0 Å². The minimum atomic E-state index is -0.671. The third-order valence-electron chi connectivity index (χ3n) is 5.21. The molecule has 5 heteroatoms. The maximum atomic E-state index is 13.1. The van der Waals surface area contributed by atoms with Crippen LogP contribution >= 0.6 is 0 Å². The van der Waals surface area contributed by atoms with E-state index in [0.29, 0.717) is 17.5 Å². The van der Waals surface area contributed by atoms with E-state index < -0.39 is 5.76 Å². The van der Waals surface area contributed by atoms with E-state index in [2.05, 4.69) is 12.1 Å². The quantitative estimate of drug-likeness (QED) is 0.364. The lowest BCUT2D eigenvalue weighted by atomic mass is 10.1. The summed E-state index contributed by atoms with van der Waals surface area (Å²) < 4.78 is 19.6. The normalized spacial score (nSPS) is 11.1. The lowest BCUT2D eigenvalue weighted by Crippen LogP contribution is -2.22. The Labute approximate surface area is 173 Å². The van der Waals surface area contributed by atoms with E-state index in [4.69, 9.17) is 4.42 Å². The molecule has 1 heterocycles. The number of nitrogens with zero attached hydrogens (tertiary/aromatic N) is 1. The molecule has 0 fully saturated rings. The van der Waals surface area contributed by atoms with Crippen molar-refractivity contribution in [2.75, 3.05) is 0 Å². The summed E-state index contributed by atoms with van der Waals surface area (Å²) in [6.45, 7) is 0. The number of oxazole rings is 1. The highest BCUT2D eigenvalue weighted by atomic mass is 19.1. The van der Waals surface area contributed by atoms with E-state index in [1.165, 1.54) is 17.7 Å². The van der Waals surface area contributed by atoms with Gasteiger partial charge < -0.3 is 4.42 Å². The lowest BCUT2D eigenvalue weighted by Gasteiger charge is -2.04. The van der Waals surface area contributed by atoms with Crippen molar-refractivity contribution in [3.8, 4) is 11.1 Å². The maximum absolute atomic E-state index is 13.1. The minimum Gasteiger partial charge on any atom is -0.407 e. The van der Waals surface area contributed by atoms with Crippen LogP contribution in [-0.4, -0.2) is 10.5 Å². The summed E-state index contributed by atoms with van der Waals surface area (Å²) in [6.07, 6.45) is 3.91.